The molecule has 3 amide bonds. The van der Waals surface area contributed by atoms with Crippen molar-refractivity contribution in [2.45, 2.75) is 68.9 Å². The van der Waals surface area contributed by atoms with E-state index < -0.39 is 29.6 Å². The van der Waals surface area contributed by atoms with Crippen LogP contribution in [0.2, 0.25) is 5.02 Å². The molecule has 1 saturated carbocycles. The SMILES string of the molecule is O=C(Nc1cccc(Cl)c1)[C@H]1[C@H]2C=C[C@@]3(O2)[C@H]1C(=O)N(CCCN1CCN(Cc2ccccc2)CC1)[C@@H]3C(=O)NC1CCCCC1. The predicted octanol–water partition coefficient (Wildman–Crippen LogP) is 4.09. The van der Waals surface area contributed by atoms with Crippen molar-refractivity contribution < 1.29 is 19.1 Å². The van der Waals surface area contributed by atoms with Crippen molar-refractivity contribution in [1.82, 2.24) is 20.0 Å². The fourth-order valence-electron chi connectivity index (χ4n) is 8.30. The van der Waals surface area contributed by atoms with E-state index in [1.54, 1.807) is 29.2 Å². The monoisotopic (exact) mass is 645 g/mol. The first-order valence-electron chi connectivity index (χ1n) is 16.9. The molecule has 2 aromatic rings. The van der Waals surface area contributed by atoms with Gasteiger partial charge in [0.15, 0.2) is 0 Å². The lowest BCUT2D eigenvalue weighted by Gasteiger charge is -2.36. The Hall–Kier alpha value is -3.24. The van der Waals surface area contributed by atoms with Crippen LogP contribution in [0.1, 0.15) is 44.1 Å². The van der Waals surface area contributed by atoms with E-state index in [1.807, 2.05) is 18.2 Å². The van der Waals surface area contributed by atoms with Crippen LogP contribution in [0.3, 0.4) is 0 Å². The van der Waals surface area contributed by atoms with Crippen LogP contribution < -0.4 is 10.6 Å². The minimum atomic E-state index is -1.15. The Morgan fingerprint density at radius 1 is 0.913 bits per heavy atom. The normalized spacial score (nSPS) is 29.7. The zero-order chi connectivity index (χ0) is 31.7. The highest BCUT2D eigenvalue weighted by molar-refractivity contribution is 6.30. The Balaban J connectivity index is 1.04. The molecule has 4 fully saturated rings. The molecule has 1 spiro atoms. The summed E-state index contributed by atoms with van der Waals surface area (Å²) in [4.78, 5) is 48.8. The van der Waals surface area contributed by atoms with Gasteiger partial charge in [0.25, 0.3) is 0 Å². The summed E-state index contributed by atoms with van der Waals surface area (Å²) in [5.74, 6) is -2.12. The number of ether oxygens (including phenoxy) is 1. The summed E-state index contributed by atoms with van der Waals surface area (Å²) in [5.41, 5.74) is 0.742. The molecule has 46 heavy (non-hydrogen) atoms. The van der Waals surface area contributed by atoms with Crippen molar-refractivity contribution in [3.05, 3.63) is 77.3 Å². The van der Waals surface area contributed by atoms with E-state index >= 15 is 0 Å². The maximum absolute atomic E-state index is 14.3. The van der Waals surface area contributed by atoms with Crippen LogP contribution in [0.25, 0.3) is 0 Å². The summed E-state index contributed by atoms with van der Waals surface area (Å²) in [6, 6.07) is 16.8. The highest BCUT2D eigenvalue weighted by Crippen LogP contribution is 2.55. The van der Waals surface area contributed by atoms with E-state index in [4.69, 9.17) is 16.3 Å². The number of carbonyl (C=O) groups excluding carboxylic acids is 3. The van der Waals surface area contributed by atoms with Gasteiger partial charge in [0, 0.05) is 56.0 Å². The van der Waals surface area contributed by atoms with E-state index in [-0.39, 0.29) is 23.8 Å². The zero-order valence-electron chi connectivity index (χ0n) is 26.3. The van der Waals surface area contributed by atoms with Crippen molar-refractivity contribution in [3.8, 4) is 0 Å². The van der Waals surface area contributed by atoms with Crippen molar-refractivity contribution in [3.63, 3.8) is 0 Å². The summed E-state index contributed by atoms with van der Waals surface area (Å²) >= 11 is 6.16. The fourth-order valence-corrected chi connectivity index (χ4v) is 8.49. The topological polar surface area (TPSA) is 94.2 Å². The summed E-state index contributed by atoms with van der Waals surface area (Å²) < 4.78 is 6.52. The Bertz CT molecular complexity index is 1460. The number of benzene rings is 2. The van der Waals surface area contributed by atoms with Gasteiger partial charge in [-0.2, -0.15) is 0 Å². The summed E-state index contributed by atoms with van der Waals surface area (Å²) in [7, 11) is 0. The molecule has 10 heteroatoms. The van der Waals surface area contributed by atoms with Crippen LogP contribution in [0, 0.1) is 11.8 Å². The molecule has 4 aliphatic heterocycles. The third kappa shape index (κ3) is 6.22. The van der Waals surface area contributed by atoms with Crippen LogP contribution in [0.15, 0.2) is 66.7 Å². The van der Waals surface area contributed by atoms with Crippen LogP contribution in [0.4, 0.5) is 5.69 Å². The molecular formula is C36H44ClN5O4. The van der Waals surface area contributed by atoms with Gasteiger partial charge in [-0.3, -0.25) is 19.3 Å². The lowest BCUT2D eigenvalue weighted by molar-refractivity contribution is -0.141. The number of likely N-dealkylation sites (tertiary alicyclic amines) is 1. The van der Waals surface area contributed by atoms with E-state index in [2.05, 4.69) is 44.7 Å². The third-order valence-corrected chi connectivity index (χ3v) is 10.8. The number of amides is 3. The minimum absolute atomic E-state index is 0.102. The van der Waals surface area contributed by atoms with Crippen LogP contribution in [0.5, 0.6) is 0 Å². The number of rotatable bonds is 10. The third-order valence-electron chi connectivity index (χ3n) is 10.6. The van der Waals surface area contributed by atoms with Crippen molar-refractivity contribution in [1.29, 1.82) is 0 Å². The fraction of sp³-hybridized carbons (Fsp3) is 0.528. The van der Waals surface area contributed by atoms with Crippen LogP contribution in [-0.4, -0.2) is 95.5 Å². The highest BCUT2D eigenvalue weighted by atomic mass is 35.5. The van der Waals surface area contributed by atoms with Gasteiger partial charge in [-0.25, -0.2) is 0 Å². The Kier molecular flexibility index (Phi) is 9.19. The number of carbonyl (C=O) groups is 3. The number of piperazine rings is 1. The maximum atomic E-state index is 14.3. The number of hydrogen-bond acceptors (Lipinski definition) is 6. The van der Waals surface area contributed by atoms with Gasteiger partial charge in [-0.15, -0.1) is 0 Å². The van der Waals surface area contributed by atoms with Crippen LogP contribution in [-0.2, 0) is 25.7 Å². The summed E-state index contributed by atoms with van der Waals surface area (Å²) in [6.45, 7) is 6.18. The standard InChI is InChI=1S/C36H44ClN5O4/c37-26-11-7-14-28(23-26)39-33(43)30-29-15-16-36(46-29)31(30)35(45)42(32(36)34(44)38-27-12-5-2-6-13-27)18-8-17-40-19-21-41(22-20-40)24-25-9-3-1-4-10-25/h1,3-4,7,9-11,14-16,23,27,29-32H,2,5-6,8,12-13,17-22,24H2,(H,38,44)(H,39,43)/t29-,30+,31-,32-,36-/m1/s1. The van der Waals surface area contributed by atoms with Crippen molar-refractivity contribution in [2.24, 2.45) is 11.8 Å². The van der Waals surface area contributed by atoms with E-state index in [0.717, 1.165) is 71.4 Å². The molecule has 5 aliphatic rings. The van der Waals surface area contributed by atoms with E-state index in [1.165, 1.54) is 12.0 Å². The molecule has 9 nitrogen and oxygen atoms in total. The first-order valence-corrected chi connectivity index (χ1v) is 17.3. The molecule has 0 unspecified atom stereocenters. The molecule has 2 aromatic carbocycles. The number of hydrogen-bond donors (Lipinski definition) is 2. The van der Waals surface area contributed by atoms with Crippen molar-refractivity contribution in [2.75, 3.05) is 44.6 Å². The number of halogens is 1. The van der Waals surface area contributed by atoms with Gasteiger partial charge < -0.3 is 25.2 Å². The molecular weight excluding hydrogens is 602 g/mol. The zero-order valence-corrected chi connectivity index (χ0v) is 27.0. The predicted molar refractivity (Wildman–Crippen MR) is 177 cm³/mol. The van der Waals surface area contributed by atoms with Gasteiger partial charge in [-0.05, 0) is 49.6 Å². The average Bonchev–Trinajstić information content (AvgIpc) is 3.70. The molecule has 2 N–H and O–H groups in total. The molecule has 0 aromatic heterocycles. The lowest BCUT2D eigenvalue weighted by Crippen LogP contribution is -2.56. The highest BCUT2D eigenvalue weighted by Gasteiger charge is 2.72. The van der Waals surface area contributed by atoms with Gasteiger partial charge in [-0.1, -0.05) is 79.4 Å². The van der Waals surface area contributed by atoms with Gasteiger partial charge in [0.05, 0.1) is 17.9 Å². The molecule has 5 atom stereocenters. The number of nitrogens with zero attached hydrogens (tertiary/aromatic N) is 3. The Morgan fingerprint density at radius 2 is 1.67 bits per heavy atom. The Labute approximate surface area is 276 Å². The number of anilines is 1. The quantitative estimate of drug-likeness (QED) is 0.378. The van der Waals surface area contributed by atoms with E-state index in [0.29, 0.717) is 17.3 Å². The van der Waals surface area contributed by atoms with Gasteiger partial charge >= 0.3 is 0 Å². The largest absolute Gasteiger partial charge is 0.359 e. The van der Waals surface area contributed by atoms with E-state index in [9.17, 15) is 14.4 Å². The molecule has 4 heterocycles. The van der Waals surface area contributed by atoms with Crippen molar-refractivity contribution >= 4 is 35.0 Å². The first-order chi connectivity index (χ1) is 22.4. The average molecular weight is 646 g/mol. The number of fused-ring (bicyclic) bond motifs is 1. The molecule has 2 bridgehead atoms. The summed E-state index contributed by atoms with van der Waals surface area (Å²) in [6.07, 6.45) is 9.20. The maximum Gasteiger partial charge on any atom is 0.246 e. The minimum Gasteiger partial charge on any atom is -0.359 e. The number of nitrogens with one attached hydrogen (secondary N) is 2. The molecule has 244 valence electrons. The molecule has 7 rings (SSSR count). The Morgan fingerprint density at radius 3 is 2.43 bits per heavy atom. The first kappa shape index (κ1) is 31.4. The molecule has 0 radical (unpaired) electrons. The second-order valence-corrected chi connectivity index (χ2v) is 14.0. The lowest BCUT2D eigenvalue weighted by atomic mass is 9.74. The second kappa shape index (κ2) is 13.5. The smallest absolute Gasteiger partial charge is 0.246 e. The summed E-state index contributed by atoms with van der Waals surface area (Å²) in [5, 5.41) is 6.74. The molecule has 3 saturated heterocycles. The molecule has 1 aliphatic carbocycles. The van der Waals surface area contributed by atoms with Gasteiger partial charge in [0.1, 0.15) is 11.6 Å². The van der Waals surface area contributed by atoms with Gasteiger partial charge in [0.2, 0.25) is 17.7 Å². The van der Waals surface area contributed by atoms with Crippen LogP contribution >= 0.6 is 11.6 Å². The second-order valence-electron chi connectivity index (χ2n) is 13.5.